The molecule has 0 saturated heterocycles. The number of para-hydroxylation sites is 1. The summed E-state index contributed by atoms with van der Waals surface area (Å²) in [4.78, 5) is 29.7. The van der Waals surface area contributed by atoms with Crippen LogP contribution in [0.25, 0.3) is 0 Å². The van der Waals surface area contributed by atoms with Gasteiger partial charge in [-0.15, -0.1) is 0 Å². The molecular weight excluding hydrogens is 621 g/mol. The lowest BCUT2D eigenvalue weighted by Gasteiger charge is -2.34. The molecule has 1 N–H and O–H groups in total. The molecule has 0 unspecified atom stereocenters. The van der Waals surface area contributed by atoms with Gasteiger partial charge in [0.2, 0.25) is 11.8 Å². The lowest BCUT2D eigenvalue weighted by molar-refractivity contribution is -0.140. The first kappa shape index (κ1) is 35.0. The van der Waals surface area contributed by atoms with Crippen LogP contribution in [-0.4, -0.2) is 58.0 Å². The highest BCUT2D eigenvalue weighted by atomic mass is 32.2. The van der Waals surface area contributed by atoms with Crippen LogP contribution in [-0.2, 0) is 32.6 Å². The molecule has 4 aromatic carbocycles. The number of methoxy groups -OCH3 is 2. The van der Waals surface area contributed by atoms with Crippen molar-refractivity contribution >= 4 is 27.5 Å². The normalized spacial score (nSPS) is 12.4. The Labute approximate surface area is 276 Å². The summed E-state index contributed by atoms with van der Waals surface area (Å²) in [6, 6.07) is 26.2. The van der Waals surface area contributed by atoms with Crippen molar-refractivity contribution in [3.63, 3.8) is 0 Å². The first-order chi connectivity index (χ1) is 22.6. The van der Waals surface area contributed by atoms with E-state index in [1.807, 2.05) is 44.2 Å². The fourth-order valence-corrected chi connectivity index (χ4v) is 6.44. The van der Waals surface area contributed by atoms with E-state index in [1.54, 1.807) is 30.3 Å². The van der Waals surface area contributed by atoms with Crippen LogP contribution in [0.3, 0.4) is 0 Å². The molecule has 0 fully saturated rings. The molecule has 248 valence electrons. The van der Waals surface area contributed by atoms with Gasteiger partial charge in [0, 0.05) is 25.1 Å². The molecule has 47 heavy (non-hydrogen) atoms. The van der Waals surface area contributed by atoms with Gasteiger partial charge in [0.1, 0.15) is 18.4 Å². The van der Waals surface area contributed by atoms with E-state index in [9.17, 15) is 22.4 Å². The van der Waals surface area contributed by atoms with Crippen LogP contribution in [0.4, 0.5) is 10.1 Å². The van der Waals surface area contributed by atoms with E-state index < -0.39 is 34.3 Å². The number of ether oxygens (including phenoxy) is 2. The lowest BCUT2D eigenvalue weighted by atomic mass is 10.0. The molecule has 9 nitrogen and oxygen atoms in total. The highest BCUT2D eigenvalue weighted by Crippen LogP contribution is 2.32. The molecule has 4 rings (SSSR count). The van der Waals surface area contributed by atoms with Gasteiger partial charge in [-0.2, -0.15) is 0 Å². The average molecular weight is 662 g/mol. The molecule has 0 aliphatic rings. The number of halogens is 1. The summed E-state index contributed by atoms with van der Waals surface area (Å²) in [5.41, 5.74) is 1.63. The summed E-state index contributed by atoms with van der Waals surface area (Å²) in [7, 11) is -1.50. The number of benzene rings is 4. The summed E-state index contributed by atoms with van der Waals surface area (Å²) in [6.45, 7) is 3.12. The number of rotatable bonds is 15. The molecule has 0 bridgehead atoms. The van der Waals surface area contributed by atoms with Crippen LogP contribution in [0.2, 0.25) is 0 Å². The summed E-state index contributed by atoms with van der Waals surface area (Å²) in [6.07, 6.45) is 0.838. The average Bonchev–Trinajstić information content (AvgIpc) is 3.09. The number of hydrogen-bond acceptors (Lipinski definition) is 6. The van der Waals surface area contributed by atoms with Gasteiger partial charge < -0.3 is 19.7 Å². The van der Waals surface area contributed by atoms with E-state index >= 15 is 0 Å². The van der Waals surface area contributed by atoms with Crippen LogP contribution < -0.4 is 19.1 Å². The smallest absolute Gasteiger partial charge is 0.264 e. The van der Waals surface area contributed by atoms with E-state index in [-0.39, 0.29) is 41.2 Å². The zero-order chi connectivity index (χ0) is 34.0. The first-order valence-electron chi connectivity index (χ1n) is 15.2. The van der Waals surface area contributed by atoms with Crippen LogP contribution in [0, 0.1) is 5.82 Å². The van der Waals surface area contributed by atoms with Crippen molar-refractivity contribution in [2.45, 2.75) is 50.2 Å². The minimum Gasteiger partial charge on any atom is -0.493 e. The Morgan fingerprint density at radius 2 is 1.45 bits per heavy atom. The molecule has 2 atom stereocenters. The fourth-order valence-electron chi connectivity index (χ4n) is 5.01. The number of amides is 2. The van der Waals surface area contributed by atoms with Crippen molar-refractivity contribution in [2.24, 2.45) is 0 Å². The van der Waals surface area contributed by atoms with Gasteiger partial charge in [0.05, 0.1) is 24.8 Å². The molecule has 0 aromatic heterocycles. The molecular formula is C36H40FN3O6S. The van der Waals surface area contributed by atoms with Crippen LogP contribution >= 0.6 is 0 Å². The van der Waals surface area contributed by atoms with Crippen molar-refractivity contribution in [1.82, 2.24) is 10.2 Å². The summed E-state index contributed by atoms with van der Waals surface area (Å²) in [5.74, 6) is -0.904. The number of carbonyl (C=O) groups is 2. The fraction of sp³-hybridized carbons (Fsp3) is 0.278. The van der Waals surface area contributed by atoms with Gasteiger partial charge in [-0.25, -0.2) is 12.8 Å². The maximum absolute atomic E-state index is 14.5. The predicted octanol–water partition coefficient (Wildman–Crippen LogP) is 5.59. The number of nitrogens with zero attached hydrogens (tertiary/aromatic N) is 2. The molecule has 4 aromatic rings. The number of nitrogens with one attached hydrogen (secondary N) is 1. The summed E-state index contributed by atoms with van der Waals surface area (Å²) < 4.78 is 54.1. The van der Waals surface area contributed by atoms with Gasteiger partial charge >= 0.3 is 0 Å². The number of hydrogen-bond donors (Lipinski definition) is 1. The second kappa shape index (κ2) is 16.1. The van der Waals surface area contributed by atoms with E-state index in [0.29, 0.717) is 17.7 Å². The van der Waals surface area contributed by atoms with Crippen molar-refractivity contribution in [2.75, 3.05) is 25.1 Å². The quantitative estimate of drug-likeness (QED) is 0.178. The molecule has 0 saturated carbocycles. The highest BCUT2D eigenvalue weighted by molar-refractivity contribution is 7.92. The molecule has 11 heteroatoms. The zero-order valence-corrected chi connectivity index (χ0v) is 27.7. The van der Waals surface area contributed by atoms with Crippen molar-refractivity contribution in [3.8, 4) is 11.5 Å². The molecule has 0 aliphatic heterocycles. The third kappa shape index (κ3) is 8.88. The van der Waals surface area contributed by atoms with Crippen molar-refractivity contribution < 1.29 is 31.9 Å². The van der Waals surface area contributed by atoms with Crippen LogP contribution in [0.15, 0.2) is 108 Å². The molecule has 0 heterocycles. The second-order valence-corrected chi connectivity index (χ2v) is 12.9. The Morgan fingerprint density at radius 3 is 2.04 bits per heavy atom. The minimum atomic E-state index is -4.35. The summed E-state index contributed by atoms with van der Waals surface area (Å²) in [5, 5.41) is 2.99. The third-order valence-electron chi connectivity index (χ3n) is 7.80. The van der Waals surface area contributed by atoms with Crippen molar-refractivity contribution in [1.29, 1.82) is 0 Å². The molecule has 2 amide bonds. The third-order valence-corrected chi connectivity index (χ3v) is 9.57. The molecule has 0 radical (unpaired) electrons. The maximum Gasteiger partial charge on any atom is 0.264 e. The SMILES string of the molecule is CC[C@@H](C)NC(=O)[C@H](Cc1ccccc1)N(Cc1ccc(F)cc1)C(=O)CN(c1ccccc1)S(=O)(=O)c1ccc(OC)c(OC)c1. The van der Waals surface area contributed by atoms with E-state index in [4.69, 9.17) is 9.47 Å². The van der Waals surface area contributed by atoms with E-state index in [2.05, 4.69) is 5.32 Å². The molecule has 0 spiro atoms. The number of sulfonamides is 1. The van der Waals surface area contributed by atoms with Gasteiger partial charge in [-0.1, -0.05) is 67.6 Å². The van der Waals surface area contributed by atoms with E-state index in [0.717, 1.165) is 9.87 Å². The molecule has 0 aliphatic carbocycles. The first-order valence-corrected chi connectivity index (χ1v) is 16.7. The van der Waals surface area contributed by atoms with Gasteiger partial charge in [0.15, 0.2) is 11.5 Å². The monoisotopic (exact) mass is 661 g/mol. The second-order valence-electron chi connectivity index (χ2n) is 11.0. The largest absolute Gasteiger partial charge is 0.493 e. The summed E-state index contributed by atoms with van der Waals surface area (Å²) >= 11 is 0. The highest BCUT2D eigenvalue weighted by Gasteiger charge is 2.35. The Kier molecular flexibility index (Phi) is 12.0. The number of anilines is 1. The predicted molar refractivity (Wildman–Crippen MR) is 179 cm³/mol. The maximum atomic E-state index is 14.5. The standard InChI is InChI=1S/C36H40FN3O6S/c1-5-26(2)38-36(42)32(22-27-12-8-6-9-13-27)39(24-28-16-18-29(37)19-17-28)35(41)25-40(30-14-10-7-11-15-30)47(43,44)31-20-21-33(45-3)34(23-31)46-4/h6-21,23,26,32H,5,22,24-25H2,1-4H3,(H,38,42)/t26-,32+/m1/s1. The lowest BCUT2D eigenvalue weighted by Crippen LogP contribution is -2.54. The van der Waals surface area contributed by atoms with Crippen LogP contribution in [0.5, 0.6) is 11.5 Å². The Hall–Kier alpha value is -4.90. The van der Waals surface area contributed by atoms with Crippen LogP contribution in [0.1, 0.15) is 31.4 Å². The number of carbonyl (C=O) groups excluding carboxylic acids is 2. The minimum absolute atomic E-state index is 0.0659. The van der Waals surface area contributed by atoms with Crippen molar-refractivity contribution in [3.05, 3.63) is 120 Å². The Balaban J connectivity index is 1.81. The Morgan fingerprint density at radius 1 is 0.830 bits per heavy atom. The van der Waals surface area contributed by atoms with Gasteiger partial charge in [-0.3, -0.25) is 13.9 Å². The van der Waals surface area contributed by atoms with E-state index in [1.165, 1.54) is 61.6 Å². The topological polar surface area (TPSA) is 105 Å². The Bertz CT molecular complexity index is 1740. The van der Waals surface area contributed by atoms with Gasteiger partial charge in [-0.05, 0) is 60.9 Å². The zero-order valence-electron chi connectivity index (χ0n) is 26.9. The van der Waals surface area contributed by atoms with Gasteiger partial charge in [0.25, 0.3) is 10.0 Å².